The van der Waals surface area contributed by atoms with E-state index in [0.29, 0.717) is 28.0 Å². The van der Waals surface area contributed by atoms with Crippen LogP contribution in [0.2, 0.25) is 5.02 Å². The van der Waals surface area contributed by atoms with Gasteiger partial charge in [0.15, 0.2) is 0 Å². The number of anilines is 4. The van der Waals surface area contributed by atoms with Crippen LogP contribution in [-0.4, -0.2) is 30.0 Å². The summed E-state index contributed by atoms with van der Waals surface area (Å²) >= 11 is 6.01. The maximum Gasteiger partial charge on any atom is 0.274 e. The van der Waals surface area contributed by atoms with Gasteiger partial charge in [-0.25, -0.2) is 9.97 Å². The molecule has 2 aromatic carbocycles. The van der Waals surface area contributed by atoms with Crippen molar-refractivity contribution in [2.24, 2.45) is 0 Å². The van der Waals surface area contributed by atoms with E-state index < -0.39 is 0 Å². The number of carbonyl (C=O) groups is 1. The van der Waals surface area contributed by atoms with Crippen molar-refractivity contribution in [1.29, 1.82) is 0 Å². The molecule has 0 aliphatic heterocycles. The van der Waals surface area contributed by atoms with Crippen molar-refractivity contribution in [3.8, 4) is 0 Å². The van der Waals surface area contributed by atoms with Crippen LogP contribution in [0.15, 0.2) is 48.5 Å². The molecular formula is C21H22ClN5O. The van der Waals surface area contributed by atoms with Crippen molar-refractivity contribution in [3.63, 3.8) is 0 Å². The van der Waals surface area contributed by atoms with Gasteiger partial charge in [-0.05, 0) is 61.9 Å². The standard InChI is InChI=1S/C21H22ClN5O/c1-13-11-15(22)5-10-18(13)26-20-12-19(23-14(2)24-20)21(28)25-16-6-8-17(9-7-16)27(3)4/h5-12H,1-4H3,(H,25,28)(H,23,24,26). The fraction of sp³-hybridized carbons (Fsp3) is 0.190. The SMILES string of the molecule is Cc1nc(Nc2ccc(Cl)cc2C)cc(C(=O)Nc2ccc(N(C)C)cc2)n1. The number of carbonyl (C=O) groups excluding carboxylic acids is 1. The number of aryl methyl sites for hydroxylation is 2. The first-order valence-electron chi connectivity index (χ1n) is 8.79. The molecule has 1 heterocycles. The first-order valence-corrected chi connectivity index (χ1v) is 9.17. The van der Waals surface area contributed by atoms with Gasteiger partial charge in [-0.1, -0.05) is 11.6 Å². The van der Waals surface area contributed by atoms with Crippen LogP contribution >= 0.6 is 11.6 Å². The molecule has 0 aliphatic rings. The number of hydrogen-bond donors (Lipinski definition) is 2. The number of amides is 1. The summed E-state index contributed by atoms with van der Waals surface area (Å²) in [5.41, 5.74) is 3.90. The lowest BCUT2D eigenvalue weighted by atomic mass is 10.2. The minimum absolute atomic E-state index is 0.290. The van der Waals surface area contributed by atoms with Crippen molar-refractivity contribution in [3.05, 3.63) is 70.6 Å². The van der Waals surface area contributed by atoms with E-state index in [0.717, 1.165) is 16.9 Å². The first kappa shape index (κ1) is 19.6. The molecule has 0 fully saturated rings. The maximum atomic E-state index is 12.6. The third-order valence-corrected chi connectivity index (χ3v) is 4.40. The van der Waals surface area contributed by atoms with Crippen LogP contribution < -0.4 is 15.5 Å². The molecule has 0 aliphatic carbocycles. The van der Waals surface area contributed by atoms with Crippen LogP contribution in [0, 0.1) is 13.8 Å². The highest BCUT2D eigenvalue weighted by Crippen LogP contribution is 2.23. The zero-order valence-corrected chi connectivity index (χ0v) is 17.0. The van der Waals surface area contributed by atoms with Gasteiger partial charge in [-0.2, -0.15) is 0 Å². The lowest BCUT2D eigenvalue weighted by Crippen LogP contribution is -2.15. The van der Waals surface area contributed by atoms with Crippen LogP contribution in [0.25, 0.3) is 0 Å². The Bertz CT molecular complexity index is 1000. The molecule has 3 rings (SSSR count). The minimum Gasteiger partial charge on any atom is -0.378 e. The molecule has 2 N–H and O–H groups in total. The Morgan fingerprint density at radius 3 is 2.36 bits per heavy atom. The van der Waals surface area contributed by atoms with E-state index in [4.69, 9.17) is 11.6 Å². The summed E-state index contributed by atoms with van der Waals surface area (Å²) in [6.45, 7) is 3.70. The maximum absolute atomic E-state index is 12.6. The van der Waals surface area contributed by atoms with E-state index in [2.05, 4.69) is 20.6 Å². The van der Waals surface area contributed by atoms with Gasteiger partial charge in [0.05, 0.1) is 0 Å². The van der Waals surface area contributed by atoms with Gasteiger partial charge in [0, 0.05) is 42.2 Å². The molecule has 1 aromatic heterocycles. The Morgan fingerprint density at radius 1 is 1.00 bits per heavy atom. The zero-order chi connectivity index (χ0) is 20.3. The van der Waals surface area contributed by atoms with E-state index in [9.17, 15) is 4.79 Å². The third kappa shape index (κ3) is 4.78. The molecule has 0 atom stereocenters. The van der Waals surface area contributed by atoms with Crippen LogP contribution in [0.5, 0.6) is 0 Å². The second-order valence-corrected chi connectivity index (χ2v) is 7.10. The fourth-order valence-electron chi connectivity index (χ4n) is 2.69. The minimum atomic E-state index is -0.293. The summed E-state index contributed by atoms with van der Waals surface area (Å²) < 4.78 is 0. The molecular weight excluding hydrogens is 374 g/mol. The van der Waals surface area contributed by atoms with Crippen molar-refractivity contribution in [2.75, 3.05) is 29.6 Å². The van der Waals surface area contributed by atoms with Crippen molar-refractivity contribution < 1.29 is 4.79 Å². The van der Waals surface area contributed by atoms with Crippen LogP contribution in [0.3, 0.4) is 0 Å². The number of halogens is 1. The fourth-order valence-corrected chi connectivity index (χ4v) is 2.92. The summed E-state index contributed by atoms with van der Waals surface area (Å²) in [5.74, 6) is 0.759. The van der Waals surface area contributed by atoms with Gasteiger partial charge < -0.3 is 15.5 Å². The molecule has 0 unspecified atom stereocenters. The van der Waals surface area contributed by atoms with Gasteiger partial charge in [0.25, 0.3) is 5.91 Å². The predicted molar refractivity (Wildman–Crippen MR) is 115 cm³/mol. The normalized spacial score (nSPS) is 10.5. The first-order chi connectivity index (χ1) is 13.3. The Morgan fingerprint density at radius 2 is 1.71 bits per heavy atom. The molecule has 3 aromatic rings. The summed E-state index contributed by atoms with van der Waals surface area (Å²) in [5, 5.41) is 6.76. The lowest BCUT2D eigenvalue weighted by Gasteiger charge is -2.13. The van der Waals surface area contributed by atoms with Gasteiger partial charge in [-0.15, -0.1) is 0 Å². The van der Waals surface area contributed by atoms with Gasteiger partial charge in [-0.3, -0.25) is 4.79 Å². The van der Waals surface area contributed by atoms with E-state index in [-0.39, 0.29) is 5.91 Å². The van der Waals surface area contributed by atoms with Crippen LogP contribution in [0.4, 0.5) is 22.9 Å². The van der Waals surface area contributed by atoms with Crippen molar-refractivity contribution in [1.82, 2.24) is 9.97 Å². The molecule has 0 saturated carbocycles. The number of benzene rings is 2. The highest BCUT2D eigenvalue weighted by atomic mass is 35.5. The molecule has 0 bridgehead atoms. The average molecular weight is 396 g/mol. The quantitative estimate of drug-likeness (QED) is 0.648. The number of nitrogens with one attached hydrogen (secondary N) is 2. The second-order valence-electron chi connectivity index (χ2n) is 6.67. The summed E-state index contributed by atoms with van der Waals surface area (Å²) in [6, 6.07) is 14.8. The second kappa shape index (κ2) is 8.27. The van der Waals surface area contributed by atoms with Crippen molar-refractivity contribution >= 4 is 40.4 Å². The van der Waals surface area contributed by atoms with Gasteiger partial charge >= 0.3 is 0 Å². The van der Waals surface area contributed by atoms with E-state index in [1.54, 1.807) is 19.1 Å². The summed E-state index contributed by atoms with van der Waals surface area (Å²) in [4.78, 5) is 23.3. The Hall–Kier alpha value is -3.12. The van der Waals surface area contributed by atoms with Crippen LogP contribution in [-0.2, 0) is 0 Å². The number of aromatic nitrogens is 2. The Labute approximate surface area is 169 Å². The van der Waals surface area contributed by atoms with Crippen LogP contribution in [0.1, 0.15) is 21.9 Å². The molecule has 6 nitrogen and oxygen atoms in total. The molecule has 0 spiro atoms. The molecule has 28 heavy (non-hydrogen) atoms. The number of nitrogens with zero attached hydrogens (tertiary/aromatic N) is 3. The van der Waals surface area contributed by atoms with E-state index in [1.165, 1.54) is 0 Å². The number of rotatable bonds is 5. The topological polar surface area (TPSA) is 70.2 Å². The summed E-state index contributed by atoms with van der Waals surface area (Å²) in [6.07, 6.45) is 0. The van der Waals surface area contributed by atoms with Crippen molar-refractivity contribution in [2.45, 2.75) is 13.8 Å². The monoisotopic (exact) mass is 395 g/mol. The third-order valence-electron chi connectivity index (χ3n) is 4.16. The number of hydrogen-bond acceptors (Lipinski definition) is 5. The summed E-state index contributed by atoms with van der Waals surface area (Å²) in [7, 11) is 3.93. The lowest BCUT2D eigenvalue weighted by molar-refractivity contribution is 0.102. The van der Waals surface area contributed by atoms with Gasteiger partial charge in [0.2, 0.25) is 0 Å². The zero-order valence-electron chi connectivity index (χ0n) is 16.2. The molecule has 144 valence electrons. The molecule has 0 radical (unpaired) electrons. The smallest absolute Gasteiger partial charge is 0.274 e. The molecule has 1 amide bonds. The van der Waals surface area contributed by atoms with E-state index in [1.807, 2.05) is 62.3 Å². The Balaban J connectivity index is 1.79. The highest BCUT2D eigenvalue weighted by Gasteiger charge is 2.12. The Kier molecular flexibility index (Phi) is 5.80. The highest BCUT2D eigenvalue weighted by molar-refractivity contribution is 6.30. The predicted octanol–water partition coefficient (Wildman–Crippen LogP) is 4.81. The van der Waals surface area contributed by atoms with Gasteiger partial charge in [0.1, 0.15) is 17.3 Å². The van der Waals surface area contributed by atoms with E-state index >= 15 is 0 Å². The molecule has 7 heteroatoms. The molecule has 0 saturated heterocycles. The average Bonchev–Trinajstić information content (AvgIpc) is 2.64. The largest absolute Gasteiger partial charge is 0.378 e.